The second kappa shape index (κ2) is 6.41. The van der Waals surface area contributed by atoms with Crippen molar-refractivity contribution >= 4 is 11.9 Å². The van der Waals surface area contributed by atoms with Crippen LogP contribution in [0.5, 0.6) is 0 Å². The highest BCUT2D eigenvalue weighted by Crippen LogP contribution is 2.62. The Balaban J connectivity index is 1.14. The summed E-state index contributed by atoms with van der Waals surface area (Å²) in [4.78, 5) is 24.1. The molecule has 28 heavy (non-hydrogen) atoms. The summed E-state index contributed by atoms with van der Waals surface area (Å²) in [7, 11) is 0. The first-order valence-electron chi connectivity index (χ1n) is 10.7. The van der Waals surface area contributed by atoms with E-state index in [1.807, 2.05) is 0 Å². The fraction of sp³-hybridized carbons (Fsp3) is 0.905. The van der Waals surface area contributed by atoms with Gasteiger partial charge in [0.1, 0.15) is 0 Å². The van der Waals surface area contributed by atoms with Crippen molar-refractivity contribution in [2.24, 2.45) is 29.1 Å². The first kappa shape index (κ1) is 18.8. The van der Waals surface area contributed by atoms with Crippen LogP contribution in [0.15, 0.2) is 0 Å². The number of carbonyl (C=O) groups excluding carboxylic acids is 1. The zero-order chi connectivity index (χ0) is 19.6. The molecule has 1 heterocycles. The van der Waals surface area contributed by atoms with Crippen molar-refractivity contribution in [2.45, 2.75) is 69.2 Å². The minimum atomic E-state index is -0.794. The summed E-state index contributed by atoms with van der Waals surface area (Å²) in [6.45, 7) is 1.09. The molecule has 1 spiro atoms. The van der Waals surface area contributed by atoms with Gasteiger partial charge >= 0.3 is 11.9 Å². The number of carbonyl (C=O) groups is 2. The number of aliphatic carboxylic acids is 1. The molecule has 3 atom stereocenters. The largest absolute Gasteiger partial charge is 0.481 e. The number of esters is 1. The summed E-state index contributed by atoms with van der Waals surface area (Å²) in [5.41, 5.74) is -1.17. The van der Waals surface area contributed by atoms with Crippen molar-refractivity contribution in [2.75, 3.05) is 19.8 Å². The van der Waals surface area contributed by atoms with Crippen molar-refractivity contribution in [3.8, 4) is 0 Å². The lowest BCUT2D eigenvalue weighted by atomic mass is 9.48. The zero-order valence-corrected chi connectivity index (χ0v) is 16.2. The standard InChI is InChI=1S/C21H30O7/c22-17(23)16-1-2-21(8-16)27-10-15(11-28-21)9-26-18(24)19-4-13-3-14(5-19)7-20(25,6-13)12-19/h13-16,25H,1-12H2,(H,22,23). The summed E-state index contributed by atoms with van der Waals surface area (Å²) in [5, 5.41) is 20.0. The molecule has 0 amide bonds. The van der Waals surface area contributed by atoms with E-state index in [9.17, 15) is 19.8 Å². The third kappa shape index (κ3) is 3.15. The smallest absolute Gasteiger partial charge is 0.312 e. The fourth-order valence-corrected chi connectivity index (χ4v) is 6.97. The van der Waals surface area contributed by atoms with Crippen molar-refractivity contribution < 1.29 is 34.0 Å². The lowest BCUT2D eigenvalue weighted by Crippen LogP contribution is -2.58. The van der Waals surface area contributed by atoms with E-state index in [2.05, 4.69) is 0 Å². The molecule has 2 N–H and O–H groups in total. The number of ether oxygens (including phenoxy) is 3. The molecule has 6 aliphatic rings. The number of rotatable bonds is 4. The molecule has 0 radical (unpaired) electrons. The molecular formula is C21H30O7. The Morgan fingerprint density at radius 3 is 2.29 bits per heavy atom. The summed E-state index contributed by atoms with van der Waals surface area (Å²) in [5.74, 6) is -1.27. The molecule has 1 aliphatic heterocycles. The van der Waals surface area contributed by atoms with Gasteiger partial charge in [0.05, 0.1) is 36.8 Å². The molecule has 7 heteroatoms. The molecule has 6 rings (SSSR count). The van der Waals surface area contributed by atoms with Gasteiger partial charge in [0.15, 0.2) is 5.79 Å². The van der Waals surface area contributed by atoms with Gasteiger partial charge in [-0.2, -0.15) is 0 Å². The highest BCUT2D eigenvalue weighted by molar-refractivity contribution is 5.77. The van der Waals surface area contributed by atoms with Crippen molar-refractivity contribution in [3.05, 3.63) is 0 Å². The van der Waals surface area contributed by atoms with Crippen molar-refractivity contribution in [1.82, 2.24) is 0 Å². The minimum Gasteiger partial charge on any atom is -0.481 e. The van der Waals surface area contributed by atoms with E-state index in [0.717, 1.165) is 32.1 Å². The topological polar surface area (TPSA) is 102 Å². The summed E-state index contributed by atoms with van der Waals surface area (Å²) < 4.78 is 17.5. The van der Waals surface area contributed by atoms with E-state index in [-0.39, 0.29) is 18.5 Å². The average Bonchev–Trinajstić information content (AvgIpc) is 3.03. The van der Waals surface area contributed by atoms with E-state index in [1.54, 1.807) is 0 Å². The molecule has 3 unspecified atom stereocenters. The van der Waals surface area contributed by atoms with Crippen LogP contribution in [0.2, 0.25) is 0 Å². The number of carboxylic acid groups (broad SMARTS) is 1. The van der Waals surface area contributed by atoms with Gasteiger partial charge in [0, 0.05) is 18.8 Å². The maximum atomic E-state index is 13.0. The van der Waals surface area contributed by atoms with Crippen LogP contribution in [0.3, 0.4) is 0 Å². The van der Waals surface area contributed by atoms with Crippen LogP contribution >= 0.6 is 0 Å². The Morgan fingerprint density at radius 2 is 1.71 bits per heavy atom. The van der Waals surface area contributed by atoms with Gasteiger partial charge in [-0.15, -0.1) is 0 Å². The normalized spacial score (nSPS) is 49.5. The van der Waals surface area contributed by atoms with E-state index in [1.165, 1.54) is 0 Å². The minimum absolute atomic E-state index is 0.0320. The predicted molar refractivity (Wildman–Crippen MR) is 96.1 cm³/mol. The maximum absolute atomic E-state index is 13.0. The molecule has 7 nitrogen and oxygen atoms in total. The van der Waals surface area contributed by atoms with Crippen LogP contribution in [-0.2, 0) is 23.8 Å². The Morgan fingerprint density at radius 1 is 1.04 bits per heavy atom. The molecule has 5 aliphatic carbocycles. The molecule has 0 aromatic carbocycles. The third-order valence-electron chi connectivity index (χ3n) is 7.86. The van der Waals surface area contributed by atoms with Gasteiger partial charge in [0.2, 0.25) is 0 Å². The van der Waals surface area contributed by atoms with E-state index in [0.29, 0.717) is 50.7 Å². The number of hydrogen-bond donors (Lipinski definition) is 2. The number of carboxylic acids is 1. The monoisotopic (exact) mass is 394 g/mol. The van der Waals surface area contributed by atoms with Gasteiger partial charge in [0.25, 0.3) is 0 Å². The Labute approximate surface area is 164 Å². The quantitative estimate of drug-likeness (QED) is 0.704. The first-order chi connectivity index (χ1) is 13.3. The van der Waals surface area contributed by atoms with Crippen LogP contribution in [0.1, 0.15) is 57.8 Å². The van der Waals surface area contributed by atoms with Gasteiger partial charge in [-0.05, 0) is 56.8 Å². The molecule has 0 aromatic rings. The number of aliphatic hydroxyl groups is 1. The second-order valence-electron chi connectivity index (χ2n) is 10.2. The molecular weight excluding hydrogens is 364 g/mol. The average molecular weight is 394 g/mol. The predicted octanol–water partition coefficient (Wildman–Crippen LogP) is 2.10. The van der Waals surface area contributed by atoms with E-state index >= 15 is 0 Å². The maximum Gasteiger partial charge on any atom is 0.312 e. The number of hydrogen-bond acceptors (Lipinski definition) is 6. The van der Waals surface area contributed by atoms with Crippen LogP contribution < -0.4 is 0 Å². The lowest BCUT2D eigenvalue weighted by molar-refractivity contribution is -0.283. The van der Waals surface area contributed by atoms with Crippen LogP contribution in [0.25, 0.3) is 0 Å². The van der Waals surface area contributed by atoms with E-state index in [4.69, 9.17) is 14.2 Å². The molecule has 6 fully saturated rings. The Bertz CT molecular complexity index is 652. The molecule has 156 valence electrons. The Kier molecular flexibility index (Phi) is 4.31. The van der Waals surface area contributed by atoms with Crippen molar-refractivity contribution in [3.63, 3.8) is 0 Å². The molecule has 5 saturated carbocycles. The summed E-state index contributed by atoms with van der Waals surface area (Å²) in [6, 6.07) is 0. The zero-order valence-electron chi connectivity index (χ0n) is 16.2. The highest BCUT2D eigenvalue weighted by Gasteiger charge is 2.61. The van der Waals surface area contributed by atoms with Crippen LogP contribution in [-0.4, -0.2) is 53.4 Å². The molecule has 0 aromatic heterocycles. The second-order valence-corrected chi connectivity index (χ2v) is 10.2. The summed E-state index contributed by atoms with van der Waals surface area (Å²) >= 11 is 0. The molecule has 1 saturated heterocycles. The van der Waals surface area contributed by atoms with E-state index < -0.39 is 28.7 Å². The Hall–Kier alpha value is -1.18. The van der Waals surface area contributed by atoms with Crippen LogP contribution in [0.4, 0.5) is 0 Å². The fourth-order valence-electron chi connectivity index (χ4n) is 6.97. The SMILES string of the molecule is O=C(O)C1CCC2(C1)OCC(COC(=O)C13CC4CC(CC(O)(C4)C1)C3)CO2. The van der Waals surface area contributed by atoms with Gasteiger partial charge < -0.3 is 24.4 Å². The highest BCUT2D eigenvalue weighted by atomic mass is 16.7. The van der Waals surface area contributed by atoms with Gasteiger partial charge in [-0.25, -0.2) is 0 Å². The van der Waals surface area contributed by atoms with Crippen LogP contribution in [0, 0.1) is 29.1 Å². The summed E-state index contributed by atoms with van der Waals surface area (Å²) in [6.07, 6.45) is 6.61. The first-order valence-corrected chi connectivity index (χ1v) is 10.7. The third-order valence-corrected chi connectivity index (χ3v) is 7.86. The van der Waals surface area contributed by atoms with Crippen molar-refractivity contribution in [1.29, 1.82) is 0 Å². The lowest BCUT2D eigenvalue weighted by Gasteiger charge is -2.58. The van der Waals surface area contributed by atoms with Gasteiger partial charge in [-0.3, -0.25) is 9.59 Å². The molecule has 4 bridgehead atoms. The van der Waals surface area contributed by atoms with Gasteiger partial charge in [-0.1, -0.05) is 0 Å².